The summed E-state index contributed by atoms with van der Waals surface area (Å²) in [5.41, 5.74) is -1.88. The van der Waals surface area contributed by atoms with Gasteiger partial charge in [-0.25, -0.2) is 0 Å². The quantitative estimate of drug-likeness (QED) is 0.784. The van der Waals surface area contributed by atoms with Crippen molar-refractivity contribution in [2.45, 2.75) is 11.8 Å². The van der Waals surface area contributed by atoms with Crippen molar-refractivity contribution in [3.63, 3.8) is 0 Å². The highest BCUT2D eigenvalue weighted by atomic mass is 35.5. The maximum atomic E-state index is 11.3. The number of ether oxygens (including phenoxy) is 1. The van der Waals surface area contributed by atoms with Crippen molar-refractivity contribution >= 4 is 23.5 Å². The van der Waals surface area contributed by atoms with Gasteiger partial charge in [0, 0.05) is 17.0 Å². The number of hydrogen-bond acceptors (Lipinski definition) is 3. The Labute approximate surface area is 102 Å². The van der Waals surface area contributed by atoms with E-state index in [0.29, 0.717) is 0 Å². The van der Waals surface area contributed by atoms with Crippen LogP contribution in [0.15, 0.2) is 18.2 Å². The normalized spacial score (nSPS) is 16.8. The van der Waals surface area contributed by atoms with Crippen LogP contribution >= 0.6 is 11.6 Å². The van der Waals surface area contributed by atoms with E-state index in [0.717, 1.165) is 0 Å². The number of rotatable bonds is 2. The summed E-state index contributed by atoms with van der Waals surface area (Å²) in [5.74, 6) is -2.56. The Hall–Kier alpha value is -1.75. The summed E-state index contributed by atoms with van der Waals surface area (Å²) < 4.78 is 5.25. The molecule has 0 aromatic heterocycles. The van der Waals surface area contributed by atoms with E-state index in [9.17, 15) is 19.8 Å². The molecule has 5 nitrogen and oxygen atoms in total. The van der Waals surface area contributed by atoms with Crippen molar-refractivity contribution in [2.75, 3.05) is 6.61 Å². The summed E-state index contributed by atoms with van der Waals surface area (Å²) in [6, 6.07) is 4.34. The predicted octanol–water partition coefficient (Wildman–Crippen LogP) is 1.53. The zero-order valence-electron chi connectivity index (χ0n) is 8.64. The first kappa shape index (κ1) is 11.7. The SMILES string of the molecule is O=C(O)C1(C(=O)O)CCOc2ccc(Cl)cc21. The fourth-order valence-corrected chi connectivity index (χ4v) is 2.12. The van der Waals surface area contributed by atoms with Crippen LogP contribution in [0.4, 0.5) is 0 Å². The number of hydrogen-bond donors (Lipinski definition) is 2. The zero-order valence-corrected chi connectivity index (χ0v) is 9.40. The first-order chi connectivity index (χ1) is 7.98. The van der Waals surface area contributed by atoms with Crippen molar-refractivity contribution in [3.05, 3.63) is 28.8 Å². The molecule has 2 rings (SSSR count). The van der Waals surface area contributed by atoms with E-state index in [2.05, 4.69) is 0 Å². The molecule has 0 fully saturated rings. The van der Waals surface area contributed by atoms with E-state index < -0.39 is 17.4 Å². The van der Waals surface area contributed by atoms with E-state index in [4.69, 9.17) is 16.3 Å². The number of fused-ring (bicyclic) bond motifs is 1. The van der Waals surface area contributed by atoms with Gasteiger partial charge >= 0.3 is 11.9 Å². The van der Waals surface area contributed by atoms with Crippen LogP contribution in [0.5, 0.6) is 5.75 Å². The number of carboxylic acids is 2. The Kier molecular flexibility index (Phi) is 2.71. The van der Waals surface area contributed by atoms with Gasteiger partial charge in [-0.1, -0.05) is 11.6 Å². The Morgan fingerprint density at radius 1 is 1.29 bits per heavy atom. The minimum absolute atomic E-state index is 0.0488. The van der Waals surface area contributed by atoms with Crippen molar-refractivity contribution in [2.24, 2.45) is 0 Å². The molecular formula is C11H9ClO5. The molecule has 2 N–H and O–H groups in total. The fourth-order valence-electron chi connectivity index (χ4n) is 1.95. The minimum Gasteiger partial charge on any atom is -0.493 e. The third kappa shape index (κ3) is 1.63. The standard InChI is InChI=1S/C11H9ClO5/c12-6-1-2-8-7(5-6)11(9(13)14,10(15)16)3-4-17-8/h1-2,5H,3-4H2,(H,13,14)(H,15,16). The van der Waals surface area contributed by atoms with Crippen molar-refractivity contribution in [1.29, 1.82) is 0 Å². The molecule has 1 aliphatic heterocycles. The average molecular weight is 257 g/mol. The van der Waals surface area contributed by atoms with E-state index in [1.165, 1.54) is 18.2 Å². The molecule has 1 aromatic carbocycles. The van der Waals surface area contributed by atoms with Crippen LogP contribution in [0.3, 0.4) is 0 Å². The molecule has 1 aromatic rings. The van der Waals surface area contributed by atoms with Gasteiger partial charge in [-0.2, -0.15) is 0 Å². The fraction of sp³-hybridized carbons (Fsp3) is 0.273. The summed E-state index contributed by atoms with van der Waals surface area (Å²) in [6.07, 6.45) is -0.120. The molecule has 6 heteroatoms. The van der Waals surface area contributed by atoms with Gasteiger partial charge in [-0.05, 0) is 18.2 Å². The van der Waals surface area contributed by atoms with Crippen molar-refractivity contribution in [3.8, 4) is 5.75 Å². The van der Waals surface area contributed by atoms with Crippen LogP contribution in [0.2, 0.25) is 5.02 Å². The third-order valence-electron chi connectivity index (χ3n) is 2.87. The molecule has 0 spiro atoms. The highest BCUT2D eigenvalue weighted by Gasteiger charge is 2.52. The van der Waals surface area contributed by atoms with Crippen LogP contribution in [-0.4, -0.2) is 28.8 Å². The Morgan fingerprint density at radius 3 is 2.53 bits per heavy atom. The number of carboxylic acid groups (broad SMARTS) is 2. The third-order valence-corrected chi connectivity index (χ3v) is 3.10. The molecular weight excluding hydrogens is 248 g/mol. The van der Waals surface area contributed by atoms with Crippen LogP contribution in [0.25, 0.3) is 0 Å². The molecule has 0 unspecified atom stereocenters. The molecule has 0 aliphatic carbocycles. The lowest BCUT2D eigenvalue weighted by molar-refractivity contribution is -0.159. The van der Waals surface area contributed by atoms with Gasteiger partial charge < -0.3 is 14.9 Å². The number of aliphatic carboxylic acids is 2. The number of halogens is 1. The summed E-state index contributed by atoms with van der Waals surface area (Å²) in [6.45, 7) is 0.0488. The largest absolute Gasteiger partial charge is 0.493 e. The highest BCUT2D eigenvalue weighted by Crippen LogP contribution is 2.40. The second-order valence-electron chi connectivity index (χ2n) is 3.75. The molecule has 17 heavy (non-hydrogen) atoms. The molecule has 0 atom stereocenters. The van der Waals surface area contributed by atoms with Gasteiger partial charge in [0.05, 0.1) is 6.61 Å². The lowest BCUT2D eigenvalue weighted by atomic mass is 9.76. The van der Waals surface area contributed by atoms with Gasteiger partial charge in [-0.3, -0.25) is 9.59 Å². The maximum Gasteiger partial charge on any atom is 0.325 e. The first-order valence-electron chi connectivity index (χ1n) is 4.88. The molecule has 0 saturated heterocycles. The first-order valence-corrected chi connectivity index (χ1v) is 5.26. The molecule has 0 amide bonds. The molecule has 1 heterocycles. The molecule has 0 radical (unpaired) electrons. The van der Waals surface area contributed by atoms with Crippen molar-refractivity contribution in [1.82, 2.24) is 0 Å². The molecule has 90 valence electrons. The summed E-state index contributed by atoms with van der Waals surface area (Å²) in [4.78, 5) is 22.6. The molecule has 0 saturated carbocycles. The van der Waals surface area contributed by atoms with Crippen LogP contribution in [0, 0.1) is 0 Å². The van der Waals surface area contributed by atoms with Gasteiger partial charge in [0.15, 0.2) is 5.41 Å². The average Bonchev–Trinajstić information content (AvgIpc) is 2.27. The zero-order chi connectivity index (χ0) is 12.6. The van der Waals surface area contributed by atoms with Gasteiger partial charge in [0.2, 0.25) is 0 Å². The second-order valence-corrected chi connectivity index (χ2v) is 4.19. The van der Waals surface area contributed by atoms with Gasteiger partial charge in [0.1, 0.15) is 5.75 Å². The summed E-state index contributed by atoms with van der Waals surface area (Å²) in [7, 11) is 0. The smallest absolute Gasteiger partial charge is 0.325 e. The predicted molar refractivity (Wildman–Crippen MR) is 58.5 cm³/mol. The molecule has 0 bridgehead atoms. The second kappa shape index (κ2) is 3.92. The number of carbonyl (C=O) groups is 2. The summed E-state index contributed by atoms with van der Waals surface area (Å²) in [5, 5.41) is 18.7. The van der Waals surface area contributed by atoms with E-state index in [-0.39, 0.29) is 29.4 Å². The van der Waals surface area contributed by atoms with Crippen LogP contribution in [-0.2, 0) is 15.0 Å². The lowest BCUT2D eigenvalue weighted by Crippen LogP contribution is -2.47. The maximum absolute atomic E-state index is 11.3. The summed E-state index contributed by atoms with van der Waals surface area (Å²) >= 11 is 5.77. The van der Waals surface area contributed by atoms with Crippen LogP contribution in [0.1, 0.15) is 12.0 Å². The monoisotopic (exact) mass is 256 g/mol. The Morgan fingerprint density at radius 2 is 1.94 bits per heavy atom. The van der Waals surface area contributed by atoms with E-state index in [1.54, 1.807) is 0 Å². The Balaban J connectivity index is 2.70. The van der Waals surface area contributed by atoms with Gasteiger partial charge in [-0.15, -0.1) is 0 Å². The molecule has 1 aliphatic rings. The highest BCUT2D eigenvalue weighted by molar-refractivity contribution is 6.30. The minimum atomic E-state index is -1.97. The van der Waals surface area contributed by atoms with Crippen LogP contribution < -0.4 is 4.74 Å². The lowest BCUT2D eigenvalue weighted by Gasteiger charge is -2.31. The van der Waals surface area contributed by atoms with Gasteiger partial charge in [0.25, 0.3) is 0 Å². The Bertz CT molecular complexity index is 483. The topological polar surface area (TPSA) is 83.8 Å². The number of benzene rings is 1. The van der Waals surface area contributed by atoms with E-state index in [1.807, 2.05) is 0 Å². The van der Waals surface area contributed by atoms with Crippen molar-refractivity contribution < 1.29 is 24.5 Å². The van der Waals surface area contributed by atoms with E-state index >= 15 is 0 Å².